The van der Waals surface area contributed by atoms with Crippen LogP contribution in [0.5, 0.6) is 5.75 Å². The van der Waals surface area contributed by atoms with E-state index in [1.54, 1.807) is 19.2 Å². The first-order valence-corrected chi connectivity index (χ1v) is 8.42. The van der Waals surface area contributed by atoms with E-state index in [2.05, 4.69) is 10.6 Å². The fourth-order valence-electron chi connectivity index (χ4n) is 2.60. The number of nitrogens with one attached hydrogen (secondary N) is 2. The summed E-state index contributed by atoms with van der Waals surface area (Å²) in [5, 5.41) is 5.32. The van der Waals surface area contributed by atoms with Crippen LogP contribution in [0, 0.1) is 0 Å². The van der Waals surface area contributed by atoms with Crippen LogP contribution in [0.2, 0.25) is 0 Å². The summed E-state index contributed by atoms with van der Waals surface area (Å²) in [5.41, 5.74) is 0.659. The SMILES string of the molecule is CNC(=O)c1cc(C(=O)NC2CC2)cn(Cc2ccc(OC)cc2)c1=O. The Morgan fingerprint density at radius 3 is 2.46 bits per heavy atom. The fraction of sp³-hybridized carbons (Fsp3) is 0.316. The second kappa shape index (κ2) is 7.43. The van der Waals surface area contributed by atoms with Gasteiger partial charge in [-0.15, -0.1) is 0 Å². The molecule has 3 rings (SSSR count). The van der Waals surface area contributed by atoms with Crippen molar-refractivity contribution in [2.45, 2.75) is 25.4 Å². The smallest absolute Gasteiger partial charge is 0.263 e. The van der Waals surface area contributed by atoms with Crippen LogP contribution >= 0.6 is 0 Å². The van der Waals surface area contributed by atoms with E-state index in [1.807, 2.05) is 12.1 Å². The molecule has 1 aliphatic rings. The Labute approximate surface area is 151 Å². The Kier molecular flexibility index (Phi) is 5.06. The van der Waals surface area contributed by atoms with Gasteiger partial charge in [-0.1, -0.05) is 12.1 Å². The van der Waals surface area contributed by atoms with Gasteiger partial charge in [0.2, 0.25) is 0 Å². The van der Waals surface area contributed by atoms with Crippen molar-refractivity contribution in [3.05, 3.63) is 63.6 Å². The minimum Gasteiger partial charge on any atom is -0.497 e. The molecule has 1 fully saturated rings. The number of benzene rings is 1. The quantitative estimate of drug-likeness (QED) is 0.814. The maximum absolute atomic E-state index is 12.7. The normalized spacial score (nSPS) is 13.2. The van der Waals surface area contributed by atoms with Crippen LogP contribution in [0.1, 0.15) is 39.1 Å². The van der Waals surface area contributed by atoms with E-state index in [4.69, 9.17) is 4.74 Å². The molecule has 1 saturated carbocycles. The van der Waals surface area contributed by atoms with Crippen molar-refractivity contribution < 1.29 is 14.3 Å². The summed E-state index contributed by atoms with van der Waals surface area (Å²) >= 11 is 0. The number of methoxy groups -OCH3 is 1. The van der Waals surface area contributed by atoms with Crippen molar-refractivity contribution >= 4 is 11.8 Å². The number of carbonyl (C=O) groups is 2. The highest BCUT2D eigenvalue weighted by Gasteiger charge is 2.25. The van der Waals surface area contributed by atoms with E-state index >= 15 is 0 Å². The zero-order chi connectivity index (χ0) is 18.7. The Hall–Kier alpha value is -3.09. The average Bonchev–Trinajstić information content (AvgIpc) is 3.47. The number of aromatic nitrogens is 1. The molecule has 1 aromatic carbocycles. The van der Waals surface area contributed by atoms with Gasteiger partial charge < -0.3 is 19.9 Å². The van der Waals surface area contributed by atoms with Crippen molar-refractivity contribution in [2.24, 2.45) is 0 Å². The molecular formula is C19H21N3O4. The topological polar surface area (TPSA) is 89.4 Å². The summed E-state index contributed by atoms with van der Waals surface area (Å²) in [6.45, 7) is 0.247. The maximum atomic E-state index is 12.7. The predicted octanol–water partition coefficient (Wildman–Crippen LogP) is 1.16. The van der Waals surface area contributed by atoms with Gasteiger partial charge in [0.05, 0.1) is 19.2 Å². The Bertz CT molecular complexity index is 883. The molecule has 7 heteroatoms. The molecule has 0 bridgehead atoms. The molecule has 2 amide bonds. The van der Waals surface area contributed by atoms with Crippen LogP contribution in [0.4, 0.5) is 0 Å². The van der Waals surface area contributed by atoms with Gasteiger partial charge in [-0.3, -0.25) is 14.4 Å². The highest BCUT2D eigenvalue weighted by Crippen LogP contribution is 2.19. The highest BCUT2D eigenvalue weighted by molar-refractivity contribution is 5.99. The number of hydrogen-bond acceptors (Lipinski definition) is 4. The third kappa shape index (κ3) is 3.93. The largest absolute Gasteiger partial charge is 0.497 e. The molecule has 0 spiro atoms. The van der Waals surface area contributed by atoms with E-state index in [9.17, 15) is 14.4 Å². The van der Waals surface area contributed by atoms with Gasteiger partial charge in [-0.25, -0.2) is 0 Å². The lowest BCUT2D eigenvalue weighted by Gasteiger charge is -2.12. The summed E-state index contributed by atoms with van der Waals surface area (Å²) in [6, 6.07) is 8.80. The van der Waals surface area contributed by atoms with Crippen LogP contribution < -0.4 is 20.9 Å². The summed E-state index contributed by atoms with van der Waals surface area (Å²) in [6.07, 6.45) is 3.41. The second-order valence-corrected chi connectivity index (χ2v) is 6.25. The van der Waals surface area contributed by atoms with Crippen molar-refractivity contribution in [2.75, 3.05) is 14.2 Å². The lowest BCUT2D eigenvalue weighted by molar-refractivity contribution is 0.0950. The van der Waals surface area contributed by atoms with E-state index in [1.165, 1.54) is 23.9 Å². The molecule has 1 aliphatic carbocycles. The number of pyridine rings is 1. The highest BCUT2D eigenvalue weighted by atomic mass is 16.5. The number of ether oxygens (including phenoxy) is 1. The molecule has 136 valence electrons. The zero-order valence-corrected chi connectivity index (χ0v) is 14.7. The van der Waals surface area contributed by atoms with Crippen LogP contribution in [0.15, 0.2) is 41.3 Å². The molecule has 0 saturated heterocycles. The maximum Gasteiger partial charge on any atom is 0.263 e. The average molecular weight is 355 g/mol. The summed E-state index contributed by atoms with van der Waals surface area (Å²) in [4.78, 5) is 37.1. The Morgan fingerprint density at radius 1 is 1.19 bits per heavy atom. The minimum atomic E-state index is -0.514. The molecule has 2 aromatic rings. The predicted molar refractivity (Wildman–Crippen MR) is 96.7 cm³/mol. The van der Waals surface area contributed by atoms with Gasteiger partial charge in [-0.05, 0) is 36.6 Å². The molecule has 7 nitrogen and oxygen atoms in total. The standard InChI is InChI=1S/C19H21N3O4/c1-20-18(24)16-9-13(17(23)21-14-5-6-14)11-22(19(16)25)10-12-3-7-15(26-2)8-4-12/h3-4,7-9,11,14H,5-6,10H2,1-2H3,(H,20,24)(H,21,23). The van der Waals surface area contributed by atoms with Crippen molar-refractivity contribution in [3.63, 3.8) is 0 Å². The molecule has 0 aliphatic heterocycles. The fourth-order valence-corrected chi connectivity index (χ4v) is 2.60. The number of nitrogens with zero attached hydrogens (tertiary/aromatic N) is 1. The van der Waals surface area contributed by atoms with Gasteiger partial charge in [-0.2, -0.15) is 0 Å². The second-order valence-electron chi connectivity index (χ2n) is 6.25. The molecule has 0 radical (unpaired) electrons. The monoisotopic (exact) mass is 355 g/mol. The number of carbonyl (C=O) groups excluding carboxylic acids is 2. The summed E-state index contributed by atoms with van der Waals surface area (Å²) < 4.78 is 6.51. The minimum absolute atomic E-state index is 0.0514. The molecule has 0 unspecified atom stereocenters. The van der Waals surface area contributed by atoms with Crippen LogP contribution in [0.3, 0.4) is 0 Å². The van der Waals surface area contributed by atoms with Crippen molar-refractivity contribution in [1.82, 2.24) is 15.2 Å². The Balaban J connectivity index is 1.96. The van der Waals surface area contributed by atoms with Crippen molar-refractivity contribution in [3.8, 4) is 5.75 Å². The molecular weight excluding hydrogens is 334 g/mol. The third-order valence-corrected chi connectivity index (χ3v) is 4.24. The van der Waals surface area contributed by atoms with E-state index in [0.717, 1.165) is 18.4 Å². The molecule has 26 heavy (non-hydrogen) atoms. The van der Waals surface area contributed by atoms with E-state index in [0.29, 0.717) is 11.3 Å². The molecule has 1 heterocycles. The third-order valence-electron chi connectivity index (χ3n) is 4.24. The summed E-state index contributed by atoms with van der Waals surface area (Å²) in [5.74, 6) is -0.0783. The van der Waals surface area contributed by atoms with E-state index < -0.39 is 11.5 Å². The summed E-state index contributed by atoms with van der Waals surface area (Å²) in [7, 11) is 3.03. The zero-order valence-electron chi connectivity index (χ0n) is 14.7. The Morgan fingerprint density at radius 2 is 1.88 bits per heavy atom. The van der Waals surface area contributed by atoms with Crippen LogP contribution in [-0.2, 0) is 6.54 Å². The molecule has 0 atom stereocenters. The van der Waals surface area contributed by atoms with Gasteiger partial charge >= 0.3 is 0 Å². The number of hydrogen-bond donors (Lipinski definition) is 2. The van der Waals surface area contributed by atoms with Crippen LogP contribution in [0.25, 0.3) is 0 Å². The first-order valence-electron chi connectivity index (χ1n) is 8.42. The van der Waals surface area contributed by atoms with Gasteiger partial charge in [0.1, 0.15) is 11.3 Å². The van der Waals surface area contributed by atoms with Crippen LogP contribution in [-0.4, -0.2) is 36.6 Å². The van der Waals surface area contributed by atoms with Gasteiger partial charge in [0.15, 0.2) is 0 Å². The van der Waals surface area contributed by atoms with Gasteiger partial charge in [0.25, 0.3) is 17.4 Å². The van der Waals surface area contributed by atoms with E-state index in [-0.39, 0.29) is 24.1 Å². The van der Waals surface area contributed by atoms with Crippen molar-refractivity contribution in [1.29, 1.82) is 0 Å². The molecule has 1 aromatic heterocycles. The lowest BCUT2D eigenvalue weighted by Crippen LogP contribution is -2.34. The van der Waals surface area contributed by atoms with Gasteiger partial charge in [0, 0.05) is 19.3 Å². The number of amides is 2. The number of rotatable bonds is 6. The first-order chi connectivity index (χ1) is 12.5. The first kappa shape index (κ1) is 17.7. The lowest BCUT2D eigenvalue weighted by atomic mass is 10.1. The molecule has 2 N–H and O–H groups in total.